The maximum atomic E-state index is 12.6. The van der Waals surface area contributed by atoms with Gasteiger partial charge in [0.2, 0.25) is 5.91 Å². The number of ether oxygens (including phenoxy) is 1. The van der Waals surface area contributed by atoms with Gasteiger partial charge >= 0.3 is 5.97 Å². The monoisotopic (exact) mass is 283 g/mol. The molecule has 1 aromatic heterocycles. The number of esters is 1. The predicted octanol–water partition coefficient (Wildman–Crippen LogP) is 0.777. The number of rotatable bonds is 4. The highest BCUT2D eigenvalue weighted by atomic mass is 32.1. The quantitative estimate of drug-likeness (QED) is 0.825. The molecule has 7 heteroatoms. The van der Waals surface area contributed by atoms with Crippen molar-refractivity contribution in [3.05, 3.63) is 11.1 Å². The first kappa shape index (κ1) is 13.8. The van der Waals surface area contributed by atoms with Crippen LogP contribution >= 0.6 is 11.3 Å². The zero-order valence-corrected chi connectivity index (χ0v) is 12.0. The van der Waals surface area contributed by atoms with Gasteiger partial charge in [0.25, 0.3) is 0 Å². The summed E-state index contributed by atoms with van der Waals surface area (Å²) in [6.07, 6.45) is 3.19. The van der Waals surface area contributed by atoms with Gasteiger partial charge in [-0.25, -0.2) is 9.78 Å². The summed E-state index contributed by atoms with van der Waals surface area (Å²) >= 11 is 1.33. The maximum Gasteiger partial charge on any atom is 0.328 e. The van der Waals surface area contributed by atoms with Crippen LogP contribution < -0.4 is 5.73 Å². The Balaban J connectivity index is 2.18. The minimum atomic E-state index is -0.597. The second-order valence-corrected chi connectivity index (χ2v) is 5.82. The molecule has 0 spiro atoms. The van der Waals surface area contributed by atoms with Gasteiger partial charge in [-0.3, -0.25) is 4.79 Å². The number of hydrogen-bond donors (Lipinski definition) is 1. The zero-order chi connectivity index (χ0) is 14.2. The smallest absolute Gasteiger partial charge is 0.328 e. The molecule has 104 valence electrons. The van der Waals surface area contributed by atoms with Gasteiger partial charge in [0.1, 0.15) is 6.04 Å². The summed E-state index contributed by atoms with van der Waals surface area (Å²) in [6.45, 7) is 1.65. The normalized spacial score (nSPS) is 17.6. The topological polar surface area (TPSA) is 85.5 Å². The maximum absolute atomic E-state index is 12.6. The van der Waals surface area contributed by atoms with E-state index in [1.54, 1.807) is 20.2 Å². The van der Waals surface area contributed by atoms with Crippen molar-refractivity contribution in [2.45, 2.75) is 31.2 Å². The third-order valence-corrected chi connectivity index (χ3v) is 4.63. The number of methoxy groups -OCH3 is 1. The van der Waals surface area contributed by atoms with E-state index in [-0.39, 0.29) is 5.91 Å². The van der Waals surface area contributed by atoms with Gasteiger partial charge in [-0.15, -0.1) is 11.3 Å². The Hall–Kier alpha value is -1.63. The molecule has 1 heterocycles. The molecule has 0 bridgehead atoms. The van der Waals surface area contributed by atoms with Crippen LogP contribution in [0.1, 0.15) is 24.6 Å². The van der Waals surface area contributed by atoms with Crippen molar-refractivity contribution >= 4 is 28.3 Å². The zero-order valence-electron chi connectivity index (χ0n) is 11.2. The van der Waals surface area contributed by atoms with Crippen molar-refractivity contribution in [3.8, 4) is 0 Å². The van der Waals surface area contributed by atoms with Gasteiger partial charge in [0.15, 0.2) is 5.13 Å². The lowest BCUT2D eigenvalue weighted by molar-refractivity contribution is -0.151. The van der Waals surface area contributed by atoms with E-state index in [1.807, 2.05) is 0 Å². The Kier molecular flexibility index (Phi) is 3.49. The number of nitrogens with two attached hydrogens (primary N) is 1. The van der Waals surface area contributed by atoms with E-state index in [2.05, 4.69) is 9.72 Å². The third-order valence-electron chi connectivity index (χ3n) is 3.60. The lowest BCUT2D eigenvalue weighted by atomic mass is 10.0. The van der Waals surface area contributed by atoms with E-state index in [9.17, 15) is 9.59 Å². The van der Waals surface area contributed by atoms with Crippen molar-refractivity contribution < 1.29 is 14.3 Å². The van der Waals surface area contributed by atoms with Crippen molar-refractivity contribution in [2.75, 3.05) is 19.9 Å². The molecule has 1 fully saturated rings. The van der Waals surface area contributed by atoms with Crippen LogP contribution in [0, 0.1) is 0 Å². The highest BCUT2D eigenvalue weighted by Gasteiger charge is 2.54. The molecule has 0 aromatic carbocycles. The molecular formula is C12H17N3O3S. The van der Waals surface area contributed by atoms with E-state index in [0.717, 1.165) is 17.7 Å². The number of thiazole rings is 1. The number of hydrogen-bond acceptors (Lipinski definition) is 6. The lowest BCUT2D eigenvalue weighted by Gasteiger charge is -2.26. The number of carbonyl (C=O) groups is 2. The second kappa shape index (κ2) is 4.80. The SMILES string of the molecule is COC(=O)[C@@H](C)N(C)C(=O)C1(c2cnc(N)s2)CC1. The van der Waals surface area contributed by atoms with E-state index in [1.165, 1.54) is 23.3 Å². The van der Waals surface area contributed by atoms with Crippen molar-refractivity contribution in [3.63, 3.8) is 0 Å². The Morgan fingerprint density at radius 3 is 2.63 bits per heavy atom. The summed E-state index contributed by atoms with van der Waals surface area (Å²) in [5.41, 5.74) is 5.08. The molecule has 1 saturated carbocycles. The summed E-state index contributed by atoms with van der Waals surface area (Å²) < 4.78 is 4.66. The first-order valence-corrected chi connectivity index (χ1v) is 6.81. The van der Waals surface area contributed by atoms with Gasteiger partial charge < -0.3 is 15.4 Å². The Morgan fingerprint density at radius 2 is 2.21 bits per heavy atom. The average Bonchev–Trinajstić information content (AvgIpc) is 3.11. The first-order valence-electron chi connectivity index (χ1n) is 5.99. The fourth-order valence-corrected chi connectivity index (χ4v) is 2.96. The fourth-order valence-electron chi connectivity index (χ4n) is 2.04. The molecule has 2 N–H and O–H groups in total. The number of nitrogen functional groups attached to an aromatic ring is 1. The average molecular weight is 283 g/mol. The molecule has 2 rings (SSSR count). The van der Waals surface area contributed by atoms with Crippen molar-refractivity contribution in [2.24, 2.45) is 0 Å². The number of likely N-dealkylation sites (N-methyl/N-ethyl adjacent to an activating group) is 1. The predicted molar refractivity (Wildman–Crippen MR) is 71.7 cm³/mol. The highest BCUT2D eigenvalue weighted by molar-refractivity contribution is 7.15. The Bertz CT molecular complexity index is 510. The number of amides is 1. The van der Waals surface area contributed by atoms with Crippen LogP contribution in [0.4, 0.5) is 5.13 Å². The molecule has 1 aliphatic rings. The molecule has 19 heavy (non-hydrogen) atoms. The van der Waals surface area contributed by atoms with Crippen molar-refractivity contribution in [1.82, 2.24) is 9.88 Å². The summed E-state index contributed by atoms with van der Waals surface area (Å²) in [5, 5.41) is 0.456. The number of anilines is 1. The molecule has 1 aromatic rings. The molecule has 1 aliphatic carbocycles. The van der Waals surface area contributed by atoms with Crippen LogP contribution in [0.5, 0.6) is 0 Å². The summed E-state index contributed by atoms with van der Waals surface area (Å²) in [6, 6.07) is -0.597. The van der Waals surface area contributed by atoms with Crippen LogP contribution in [0.25, 0.3) is 0 Å². The minimum absolute atomic E-state index is 0.0750. The Labute approximate surface area is 115 Å². The largest absolute Gasteiger partial charge is 0.467 e. The van der Waals surface area contributed by atoms with E-state index in [0.29, 0.717) is 5.13 Å². The lowest BCUT2D eigenvalue weighted by Crippen LogP contribution is -2.45. The van der Waals surface area contributed by atoms with Gasteiger partial charge in [-0.05, 0) is 19.8 Å². The molecule has 1 amide bonds. The summed E-state index contributed by atoms with van der Waals surface area (Å²) in [4.78, 5) is 30.4. The Morgan fingerprint density at radius 1 is 1.58 bits per heavy atom. The number of nitrogens with zero attached hydrogens (tertiary/aromatic N) is 2. The molecular weight excluding hydrogens is 266 g/mol. The minimum Gasteiger partial charge on any atom is -0.467 e. The number of aromatic nitrogens is 1. The molecule has 0 aliphatic heterocycles. The fraction of sp³-hybridized carbons (Fsp3) is 0.583. The third kappa shape index (κ3) is 2.30. The van der Waals surface area contributed by atoms with Gasteiger partial charge in [0, 0.05) is 18.1 Å². The molecule has 6 nitrogen and oxygen atoms in total. The van der Waals surface area contributed by atoms with E-state index < -0.39 is 17.4 Å². The second-order valence-electron chi connectivity index (χ2n) is 4.76. The first-order chi connectivity index (χ1) is 8.92. The van der Waals surface area contributed by atoms with Gasteiger partial charge in [-0.1, -0.05) is 0 Å². The van der Waals surface area contributed by atoms with Crippen LogP contribution in [0.3, 0.4) is 0 Å². The van der Waals surface area contributed by atoms with Gasteiger partial charge in [0.05, 0.1) is 12.5 Å². The van der Waals surface area contributed by atoms with Crippen LogP contribution in [0.2, 0.25) is 0 Å². The summed E-state index contributed by atoms with van der Waals surface area (Å²) in [5.74, 6) is -0.496. The molecule has 1 atom stereocenters. The molecule has 0 radical (unpaired) electrons. The molecule has 0 saturated heterocycles. The standard InChI is InChI=1S/C12H17N3O3S/c1-7(9(16)18-3)15(2)10(17)12(4-5-12)8-6-14-11(13)19-8/h6-7H,4-5H2,1-3H3,(H2,13,14)/t7-/m1/s1. The van der Waals surface area contributed by atoms with Crippen LogP contribution in [-0.4, -0.2) is 42.0 Å². The number of carbonyl (C=O) groups excluding carboxylic acids is 2. The van der Waals surface area contributed by atoms with Gasteiger partial charge in [-0.2, -0.15) is 0 Å². The van der Waals surface area contributed by atoms with Crippen LogP contribution in [-0.2, 0) is 19.7 Å². The highest BCUT2D eigenvalue weighted by Crippen LogP contribution is 2.51. The van der Waals surface area contributed by atoms with E-state index in [4.69, 9.17) is 5.73 Å². The van der Waals surface area contributed by atoms with Crippen molar-refractivity contribution in [1.29, 1.82) is 0 Å². The van der Waals surface area contributed by atoms with E-state index >= 15 is 0 Å². The van der Waals surface area contributed by atoms with Crippen LogP contribution in [0.15, 0.2) is 6.20 Å². The summed E-state index contributed by atoms with van der Waals surface area (Å²) in [7, 11) is 2.93. The molecule has 0 unspecified atom stereocenters.